The summed E-state index contributed by atoms with van der Waals surface area (Å²) in [4.78, 5) is 25.2. The second-order valence-corrected chi connectivity index (χ2v) is 8.31. The van der Waals surface area contributed by atoms with Crippen LogP contribution >= 0.6 is 24.0 Å². The molecule has 0 saturated carbocycles. The van der Waals surface area contributed by atoms with Crippen LogP contribution in [0.5, 0.6) is 5.75 Å². The summed E-state index contributed by atoms with van der Waals surface area (Å²) in [6.45, 7) is 0.520. The van der Waals surface area contributed by atoms with E-state index in [9.17, 15) is 14.9 Å². The second kappa shape index (κ2) is 9.15. The number of rotatable bonds is 7. The zero-order chi connectivity index (χ0) is 21.8. The van der Waals surface area contributed by atoms with E-state index >= 15 is 0 Å². The molecule has 1 aliphatic rings. The van der Waals surface area contributed by atoms with Crippen molar-refractivity contribution in [2.45, 2.75) is 13.2 Å². The van der Waals surface area contributed by atoms with Gasteiger partial charge in [-0.25, -0.2) is 0 Å². The number of nitro benzene ring substituents is 1. The molecule has 2 aromatic carbocycles. The molecule has 1 aliphatic heterocycles. The number of nitro groups is 1. The van der Waals surface area contributed by atoms with Gasteiger partial charge in [0.25, 0.3) is 11.6 Å². The lowest BCUT2D eigenvalue weighted by atomic mass is 10.2. The van der Waals surface area contributed by atoms with Gasteiger partial charge in [-0.3, -0.25) is 19.8 Å². The Bertz CT molecular complexity index is 1160. The van der Waals surface area contributed by atoms with Crippen LogP contribution in [-0.2, 0) is 17.9 Å². The molecule has 0 unspecified atom stereocenters. The highest BCUT2D eigenvalue weighted by Gasteiger charge is 2.32. The Kier molecular flexibility index (Phi) is 6.15. The number of ether oxygens (including phenoxy) is 1. The number of thiocarbonyl (C=S) groups is 1. The monoisotopic (exact) mass is 452 g/mol. The summed E-state index contributed by atoms with van der Waals surface area (Å²) in [5, 5.41) is 10.9. The Balaban J connectivity index is 1.39. The van der Waals surface area contributed by atoms with Crippen molar-refractivity contribution in [1.82, 2.24) is 4.90 Å². The van der Waals surface area contributed by atoms with Gasteiger partial charge in [-0.15, -0.1) is 0 Å². The van der Waals surface area contributed by atoms with Crippen molar-refractivity contribution in [2.24, 2.45) is 0 Å². The normalized spacial score (nSPS) is 15.0. The number of amides is 1. The third kappa shape index (κ3) is 5.01. The van der Waals surface area contributed by atoms with Crippen LogP contribution < -0.4 is 4.74 Å². The molecule has 31 heavy (non-hydrogen) atoms. The highest BCUT2D eigenvalue weighted by atomic mass is 32.2. The van der Waals surface area contributed by atoms with Crippen LogP contribution in [-0.4, -0.2) is 20.1 Å². The summed E-state index contributed by atoms with van der Waals surface area (Å²) < 4.78 is 11.5. The molecule has 0 radical (unpaired) electrons. The maximum Gasteiger partial charge on any atom is 0.269 e. The van der Waals surface area contributed by atoms with E-state index in [0.717, 1.165) is 5.56 Å². The fourth-order valence-corrected chi connectivity index (χ4v) is 4.19. The number of thioether (sulfide) groups is 1. The lowest BCUT2D eigenvalue weighted by Gasteiger charge is -2.12. The highest BCUT2D eigenvalue weighted by molar-refractivity contribution is 8.26. The first kappa shape index (κ1) is 20.8. The van der Waals surface area contributed by atoms with Crippen LogP contribution in [0.3, 0.4) is 0 Å². The van der Waals surface area contributed by atoms with E-state index in [1.165, 1.54) is 28.8 Å². The van der Waals surface area contributed by atoms with E-state index in [0.29, 0.717) is 32.8 Å². The van der Waals surface area contributed by atoms with Crippen LogP contribution in [0, 0.1) is 10.1 Å². The lowest BCUT2D eigenvalue weighted by molar-refractivity contribution is -0.384. The summed E-state index contributed by atoms with van der Waals surface area (Å²) in [6.07, 6.45) is 3.34. The Morgan fingerprint density at radius 1 is 1.16 bits per heavy atom. The summed E-state index contributed by atoms with van der Waals surface area (Å²) in [5.74, 6) is 1.13. The first-order valence-corrected chi connectivity index (χ1v) is 10.5. The lowest BCUT2D eigenvalue weighted by Crippen LogP contribution is -2.27. The molecule has 9 heteroatoms. The third-order valence-electron chi connectivity index (χ3n) is 4.47. The Labute approximate surface area is 187 Å². The van der Waals surface area contributed by atoms with Crippen LogP contribution in [0.4, 0.5) is 5.69 Å². The first-order valence-electron chi connectivity index (χ1n) is 9.23. The van der Waals surface area contributed by atoms with Gasteiger partial charge in [0, 0.05) is 12.1 Å². The predicted molar refractivity (Wildman–Crippen MR) is 121 cm³/mol. The number of benzene rings is 2. The van der Waals surface area contributed by atoms with Gasteiger partial charge in [-0.05, 0) is 41.5 Å². The molecule has 1 amide bonds. The Morgan fingerprint density at radius 2 is 1.97 bits per heavy atom. The largest absolute Gasteiger partial charge is 0.489 e. The van der Waals surface area contributed by atoms with E-state index in [-0.39, 0.29) is 18.2 Å². The molecule has 3 aromatic rings. The van der Waals surface area contributed by atoms with Crippen molar-refractivity contribution in [3.63, 3.8) is 0 Å². The van der Waals surface area contributed by atoms with E-state index in [4.69, 9.17) is 21.4 Å². The quantitative estimate of drug-likeness (QED) is 0.212. The van der Waals surface area contributed by atoms with Gasteiger partial charge in [0.2, 0.25) is 0 Å². The van der Waals surface area contributed by atoms with Crippen LogP contribution in [0.25, 0.3) is 6.08 Å². The van der Waals surface area contributed by atoms with E-state index in [1.807, 2.05) is 12.1 Å². The van der Waals surface area contributed by atoms with Gasteiger partial charge >= 0.3 is 0 Å². The molecular weight excluding hydrogens is 436 g/mol. The number of non-ortho nitro benzene ring substituents is 1. The van der Waals surface area contributed by atoms with Gasteiger partial charge in [-0.2, -0.15) is 0 Å². The molecule has 1 aromatic heterocycles. The van der Waals surface area contributed by atoms with E-state index in [1.54, 1.807) is 48.7 Å². The van der Waals surface area contributed by atoms with Crippen molar-refractivity contribution in [1.29, 1.82) is 0 Å². The average molecular weight is 453 g/mol. The fourth-order valence-electron chi connectivity index (χ4n) is 2.93. The van der Waals surface area contributed by atoms with Crippen molar-refractivity contribution in [3.8, 4) is 5.75 Å². The Hall–Kier alpha value is -3.43. The smallest absolute Gasteiger partial charge is 0.269 e. The predicted octanol–water partition coefficient (Wildman–Crippen LogP) is 5.17. The van der Waals surface area contributed by atoms with E-state index in [2.05, 4.69) is 0 Å². The zero-order valence-corrected chi connectivity index (χ0v) is 17.7. The highest BCUT2D eigenvalue weighted by Crippen LogP contribution is 2.34. The molecule has 0 atom stereocenters. The maximum absolute atomic E-state index is 12.7. The maximum atomic E-state index is 12.7. The first-order chi connectivity index (χ1) is 15.0. The summed E-state index contributed by atoms with van der Waals surface area (Å²) in [5.41, 5.74) is 1.57. The van der Waals surface area contributed by atoms with Crippen LogP contribution in [0.2, 0.25) is 0 Å². The molecule has 0 bridgehead atoms. The summed E-state index contributed by atoms with van der Waals surface area (Å²) in [6, 6.07) is 17.1. The number of nitrogens with zero attached hydrogens (tertiary/aromatic N) is 2. The van der Waals surface area contributed by atoms with Gasteiger partial charge in [-0.1, -0.05) is 48.2 Å². The van der Waals surface area contributed by atoms with Crippen molar-refractivity contribution in [2.75, 3.05) is 0 Å². The number of hydrogen-bond acceptors (Lipinski definition) is 7. The molecule has 156 valence electrons. The van der Waals surface area contributed by atoms with Gasteiger partial charge < -0.3 is 9.15 Å². The number of hydrogen-bond donors (Lipinski definition) is 0. The molecule has 2 heterocycles. The van der Waals surface area contributed by atoms with Crippen molar-refractivity contribution in [3.05, 3.63) is 98.8 Å². The van der Waals surface area contributed by atoms with Gasteiger partial charge in [0.05, 0.1) is 22.6 Å². The molecule has 0 spiro atoms. The van der Waals surface area contributed by atoms with Crippen LogP contribution in [0.15, 0.2) is 76.2 Å². The minimum absolute atomic E-state index is 0.0285. The average Bonchev–Trinajstić information content (AvgIpc) is 3.38. The number of carbonyl (C=O) groups is 1. The minimum atomic E-state index is -0.435. The number of furan rings is 1. The SMILES string of the molecule is O=C1C(=Cc2ccc(OCc3cccc([N+](=O)[O-])c3)cc2)SC(=S)N1Cc1ccco1. The van der Waals surface area contributed by atoms with Crippen LogP contribution in [0.1, 0.15) is 16.9 Å². The van der Waals surface area contributed by atoms with E-state index < -0.39 is 4.92 Å². The summed E-state index contributed by atoms with van der Waals surface area (Å²) in [7, 11) is 0. The van der Waals surface area contributed by atoms with Gasteiger partial charge in [0.15, 0.2) is 0 Å². The molecule has 1 saturated heterocycles. The standard InChI is InChI=1S/C22H16N2O5S2/c25-21-20(31-22(30)23(21)13-19-5-2-10-28-19)12-15-6-8-18(9-7-15)29-14-16-3-1-4-17(11-16)24(26)27/h1-12H,13-14H2. The van der Waals surface area contributed by atoms with Gasteiger partial charge in [0.1, 0.15) is 22.4 Å². The second-order valence-electron chi connectivity index (χ2n) is 6.63. The summed E-state index contributed by atoms with van der Waals surface area (Å²) >= 11 is 6.59. The zero-order valence-electron chi connectivity index (χ0n) is 16.1. The Morgan fingerprint density at radius 3 is 2.68 bits per heavy atom. The number of carbonyl (C=O) groups excluding carboxylic acids is 1. The molecule has 0 aliphatic carbocycles. The molecule has 0 N–H and O–H groups in total. The minimum Gasteiger partial charge on any atom is -0.489 e. The molecule has 1 fully saturated rings. The molecule has 4 rings (SSSR count). The van der Waals surface area contributed by atoms with Crippen molar-refractivity contribution >= 4 is 46.0 Å². The third-order valence-corrected chi connectivity index (χ3v) is 5.85. The fraction of sp³-hybridized carbons (Fsp3) is 0.0909. The topological polar surface area (TPSA) is 85.8 Å². The van der Waals surface area contributed by atoms with Crippen molar-refractivity contribution < 1.29 is 18.9 Å². The molecule has 7 nitrogen and oxygen atoms in total. The molecular formula is C22H16N2O5S2.